The lowest BCUT2D eigenvalue weighted by molar-refractivity contribution is -0.137. The van der Waals surface area contributed by atoms with Crippen LogP contribution in [0.3, 0.4) is 0 Å². The number of rotatable bonds is 5. The number of sulfone groups is 1. The van der Waals surface area contributed by atoms with Crippen molar-refractivity contribution in [3.8, 4) is 0 Å². The van der Waals surface area contributed by atoms with Gasteiger partial charge in [0.1, 0.15) is 5.82 Å². The molecular formula is C22H22FNO4S. The van der Waals surface area contributed by atoms with Crippen LogP contribution in [-0.4, -0.2) is 30.3 Å². The summed E-state index contributed by atoms with van der Waals surface area (Å²) in [5.74, 6) is -1.73. The minimum absolute atomic E-state index is 0.0329. The van der Waals surface area contributed by atoms with E-state index in [4.69, 9.17) is 0 Å². The summed E-state index contributed by atoms with van der Waals surface area (Å²) in [6.07, 6.45) is 3.22. The number of benzene rings is 2. The second-order valence-electron chi connectivity index (χ2n) is 7.69. The Balaban J connectivity index is 2.07. The van der Waals surface area contributed by atoms with E-state index in [0.29, 0.717) is 30.3 Å². The zero-order valence-corrected chi connectivity index (χ0v) is 16.9. The van der Waals surface area contributed by atoms with Crippen molar-refractivity contribution in [2.45, 2.75) is 43.0 Å². The molecule has 1 heterocycles. The van der Waals surface area contributed by atoms with E-state index >= 15 is 0 Å². The number of carboxylic acids is 1. The number of hydrogen-bond donors (Lipinski definition) is 1. The Morgan fingerprint density at radius 1 is 1.24 bits per heavy atom. The smallest absolute Gasteiger partial charge is 0.304 e. The zero-order chi connectivity index (χ0) is 20.8. The lowest BCUT2D eigenvalue weighted by Gasteiger charge is -2.25. The summed E-state index contributed by atoms with van der Waals surface area (Å²) in [5.41, 5.74) is 3.14. The van der Waals surface area contributed by atoms with Crippen LogP contribution in [0.15, 0.2) is 47.4 Å². The molecule has 0 aliphatic heterocycles. The molecule has 152 valence electrons. The molecule has 0 saturated heterocycles. The van der Waals surface area contributed by atoms with Crippen LogP contribution < -0.4 is 0 Å². The summed E-state index contributed by atoms with van der Waals surface area (Å²) in [6, 6.07) is 12.0. The number of halogens is 1. The summed E-state index contributed by atoms with van der Waals surface area (Å²) in [5, 5.41) is 9.99. The van der Waals surface area contributed by atoms with Gasteiger partial charge < -0.3 is 9.67 Å². The fraction of sp³-hybridized carbons (Fsp3) is 0.318. The molecule has 29 heavy (non-hydrogen) atoms. The van der Waals surface area contributed by atoms with Crippen molar-refractivity contribution in [1.29, 1.82) is 0 Å². The van der Waals surface area contributed by atoms with E-state index in [-0.39, 0.29) is 17.2 Å². The monoisotopic (exact) mass is 415 g/mol. The molecule has 0 amide bonds. The Morgan fingerprint density at radius 3 is 2.62 bits per heavy atom. The van der Waals surface area contributed by atoms with Gasteiger partial charge in [-0.1, -0.05) is 30.3 Å². The number of aryl methyl sites for hydroxylation is 1. The molecule has 1 aliphatic rings. The van der Waals surface area contributed by atoms with Gasteiger partial charge >= 0.3 is 5.97 Å². The van der Waals surface area contributed by atoms with Gasteiger partial charge in [-0.3, -0.25) is 4.79 Å². The van der Waals surface area contributed by atoms with Gasteiger partial charge in [-0.25, -0.2) is 12.8 Å². The molecular weight excluding hydrogens is 393 g/mol. The van der Waals surface area contributed by atoms with Crippen LogP contribution in [0.5, 0.6) is 0 Å². The third-order valence-corrected chi connectivity index (χ3v) is 6.71. The molecule has 1 N–H and O–H groups in total. The van der Waals surface area contributed by atoms with E-state index in [0.717, 1.165) is 35.6 Å². The number of carboxylic acid groups (broad SMARTS) is 1. The summed E-state index contributed by atoms with van der Waals surface area (Å²) in [4.78, 5) is 11.4. The van der Waals surface area contributed by atoms with Crippen molar-refractivity contribution in [1.82, 2.24) is 4.57 Å². The second kappa shape index (κ2) is 7.30. The van der Waals surface area contributed by atoms with Gasteiger partial charge in [0.15, 0.2) is 9.84 Å². The van der Waals surface area contributed by atoms with Crippen molar-refractivity contribution in [2.75, 3.05) is 6.26 Å². The maximum absolute atomic E-state index is 14.4. The molecule has 0 spiro atoms. The Bertz CT molecular complexity index is 1200. The predicted octanol–water partition coefficient (Wildman–Crippen LogP) is 4.13. The molecule has 1 unspecified atom stereocenters. The maximum atomic E-state index is 14.4. The number of hydrogen-bond acceptors (Lipinski definition) is 3. The van der Waals surface area contributed by atoms with E-state index in [9.17, 15) is 22.7 Å². The lowest BCUT2D eigenvalue weighted by Crippen LogP contribution is -2.18. The molecule has 1 atom stereocenters. The molecule has 1 aliphatic carbocycles. The highest BCUT2D eigenvalue weighted by atomic mass is 32.2. The minimum atomic E-state index is -3.68. The second-order valence-corrected chi connectivity index (χ2v) is 9.68. The van der Waals surface area contributed by atoms with Crippen LogP contribution in [-0.2, 0) is 27.6 Å². The standard InChI is InChI=1S/C22H22FNO4S/c1-29(27,28)19-12-16(23)11-18-17-9-5-8-15(10-20(25)26)21(17)24(22(18)19)13-14-6-3-2-4-7-14/h2-4,6-7,11-12,15H,5,8-10,13H2,1H3,(H,25,26). The van der Waals surface area contributed by atoms with Gasteiger partial charge in [0.05, 0.1) is 16.8 Å². The molecule has 4 rings (SSSR count). The highest BCUT2D eigenvalue weighted by Crippen LogP contribution is 2.42. The Morgan fingerprint density at radius 2 is 1.97 bits per heavy atom. The molecule has 0 bridgehead atoms. The van der Waals surface area contributed by atoms with Crippen LogP contribution in [0.4, 0.5) is 4.39 Å². The molecule has 0 radical (unpaired) electrons. The summed E-state index contributed by atoms with van der Waals surface area (Å²) in [6.45, 7) is 0.400. The van der Waals surface area contributed by atoms with Crippen molar-refractivity contribution in [3.63, 3.8) is 0 Å². The van der Waals surface area contributed by atoms with Gasteiger partial charge in [-0.2, -0.15) is 0 Å². The summed E-state index contributed by atoms with van der Waals surface area (Å²) >= 11 is 0. The van der Waals surface area contributed by atoms with Gasteiger partial charge in [-0.15, -0.1) is 0 Å². The SMILES string of the molecule is CS(=O)(=O)c1cc(F)cc2c3c(n(Cc4ccccc4)c12)C(CC(=O)O)CCC3. The fourth-order valence-corrected chi connectivity index (χ4v) is 5.42. The molecule has 7 heteroatoms. The van der Waals surface area contributed by atoms with Gasteiger partial charge in [0, 0.05) is 29.8 Å². The lowest BCUT2D eigenvalue weighted by atomic mass is 9.84. The van der Waals surface area contributed by atoms with Crippen LogP contribution in [0.25, 0.3) is 10.9 Å². The van der Waals surface area contributed by atoms with Crippen molar-refractivity contribution < 1.29 is 22.7 Å². The number of carbonyl (C=O) groups is 1. The van der Waals surface area contributed by atoms with Crippen LogP contribution in [0.2, 0.25) is 0 Å². The average Bonchev–Trinajstić information content (AvgIpc) is 2.95. The van der Waals surface area contributed by atoms with Crippen molar-refractivity contribution >= 4 is 26.7 Å². The van der Waals surface area contributed by atoms with Crippen LogP contribution in [0.1, 0.15) is 42.0 Å². The number of fused-ring (bicyclic) bond motifs is 3. The minimum Gasteiger partial charge on any atom is -0.481 e. The third kappa shape index (κ3) is 3.67. The normalized spacial score (nSPS) is 16.7. The van der Waals surface area contributed by atoms with E-state index in [1.807, 2.05) is 34.9 Å². The summed E-state index contributed by atoms with van der Waals surface area (Å²) < 4.78 is 41.3. The zero-order valence-electron chi connectivity index (χ0n) is 16.1. The topological polar surface area (TPSA) is 76.4 Å². The Kier molecular flexibility index (Phi) is 4.94. The first kappa shape index (κ1) is 19.6. The largest absolute Gasteiger partial charge is 0.481 e. The molecule has 3 aromatic rings. The molecule has 0 saturated carbocycles. The maximum Gasteiger partial charge on any atom is 0.304 e. The van der Waals surface area contributed by atoms with E-state index in [1.165, 1.54) is 6.07 Å². The van der Waals surface area contributed by atoms with Gasteiger partial charge in [0.25, 0.3) is 0 Å². The van der Waals surface area contributed by atoms with Crippen molar-refractivity contribution in [2.24, 2.45) is 0 Å². The van der Waals surface area contributed by atoms with Gasteiger partial charge in [0.2, 0.25) is 0 Å². The Hall–Kier alpha value is -2.67. The van der Waals surface area contributed by atoms with E-state index in [1.54, 1.807) is 0 Å². The van der Waals surface area contributed by atoms with E-state index in [2.05, 4.69) is 0 Å². The fourth-order valence-electron chi connectivity index (χ4n) is 4.52. The molecule has 2 aromatic carbocycles. The first-order valence-electron chi connectivity index (χ1n) is 9.56. The van der Waals surface area contributed by atoms with Gasteiger partial charge in [-0.05, 0) is 42.5 Å². The third-order valence-electron chi connectivity index (χ3n) is 5.60. The quantitative estimate of drug-likeness (QED) is 0.680. The molecule has 0 fully saturated rings. The summed E-state index contributed by atoms with van der Waals surface area (Å²) in [7, 11) is -3.68. The Labute approximate surface area is 168 Å². The first-order chi connectivity index (χ1) is 13.8. The molecule has 1 aromatic heterocycles. The van der Waals surface area contributed by atoms with Crippen LogP contribution in [0, 0.1) is 5.82 Å². The average molecular weight is 415 g/mol. The number of aromatic nitrogens is 1. The van der Waals surface area contributed by atoms with Crippen molar-refractivity contribution in [3.05, 3.63) is 65.1 Å². The molecule has 5 nitrogen and oxygen atoms in total. The highest BCUT2D eigenvalue weighted by Gasteiger charge is 2.31. The van der Waals surface area contributed by atoms with E-state index < -0.39 is 21.6 Å². The first-order valence-corrected chi connectivity index (χ1v) is 11.4. The predicted molar refractivity (Wildman–Crippen MR) is 108 cm³/mol. The van der Waals surface area contributed by atoms with Crippen LogP contribution >= 0.6 is 0 Å². The highest BCUT2D eigenvalue weighted by molar-refractivity contribution is 7.91. The number of aliphatic carboxylic acids is 1. The number of nitrogens with zero attached hydrogens (tertiary/aromatic N) is 1.